The van der Waals surface area contributed by atoms with Crippen molar-refractivity contribution in [2.24, 2.45) is 5.73 Å². The minimum absolute atomic E-state index is 0.0126. The molecule has 0 saturated carbocycles. The molecule has 1 fully saturated rings. The third kappa shape index (κ3) is 7.10. The minimum atomic E-state index is -3.26. The fraction of sp³-hybridized carbons (Fsp3) is 0.455. The normalized spacial score (nSPS) is 14.8. The molecule has 0 aliphatic carbocycles. The number of hydrogen-bond donors (Lipinski definition) is 3. The summed E-state index contributed by atoms with van der Waals surface area (Å²) < 4.78 is 26.4. The number of amidine groups is 1. The van der Waals surface area contributed by atoms with Crippen LogP contribution in [0.15, 0.2) is 36.7 Å². The lowest BCUT2D eigenvalue weighted by molar-refractivity contribution is -0.117. The smallest absolute Gasteiger partial charge is 0.222 e. The van der Waals surface area contributed by atoms with Gasteiger partial charge in [0, 0.05) is 44.0 Å². The van der Waals surface area contributed by atoms with Gasteiger partial charge >= 0.3 is 0 Å². The van der Waals surface area contributed by atoms with Crippen molar-refractivity contribution in [2.75, 3.05) is 30.7 Å². The van der Waals surface area contributed by atoms with Gasteiger partial charge in [0.05, 0.1) is 18.0 Å². The first-order chi connectivity index (χ1) is 15.3. The molecule has 1 aliphatic heterocycles. The van der Waals surface area contributed by atoms with Crippen LogP contribution < -0.4 is 11.1 Å². The van der Waals surface area contributed by atoms with E-state index >= 15 is 0 Å². The van der Waals surface area contributed by atoms with Crippen molar-refractivity contribution in [3.63, 3.8) is 0 Å². The van der Waals surface area contributed by atoms with E-state index in [2.05, 4.69) is 15.3 Å². The van der Waals surface area contributed by atoms with Crippen LogP contribution in [-0.4, -0.2) is 59.7 Å². The number of benzene rings is 1. The third-order valence-corrected chi connectivity index (χ3v) is 7.22. The fourth-order valence-electron chi connectivity index (χ4n) is 3.62. The monoisotopic (exact) mass is 458 g/mol. The number of carbonyl (C=O) groups is 1. The van der Waals surface area contributed by atoms with E-state index in [4.69, 9.17) is 11.1 Å². The van der Waals surface area contributed by atoms with E-state index < -0.39 is 10.0 Å². The van der Waals surface area contributed by atoms with Crippen LogP contribution in [0.1, 0.15) is 37.7 Å². The Morgan fingerprint density at radius 2 is 1.84 bits per heavy atom. The summed E-state index contributed by atoms with van der Waals surface area (Å²) >= 11 is 0. The number of nitrogens with two attached hydrogens (primary N) is 1. The SMILES string of the molecule is N=C(N)CC(=O)CCc1cccc(-c2cnc(NCCS(=O)(=O)N3CCCCC3)nc2)c1. The van der Waals surface area contributed by atoms with Crippen LogP contribution in [0.25, 0.3) is 11.1 Å². The number of sulfonamides is 1. The zero-order chi connectivity index (χ0) is 23.0. The average molecular weight is 459 g/mol. The largest absolute Gasteiger partial charge is 0.387 e. The second-order valence-corrected chi connectivity index (χ2v) is 10.0. The number of anilines is 1. The molecule has 10 heteroatoms. The highest BCUT2D eigenvalue weighted by molar-refractivity contribution is 7.89. The molecule has 0 radical (unpaired) electrons. The van der Waals surface area contributed by atoms with Gasteiger partial charge in [-0.3, -0.25) is 10.2 Å². The highest BCUT2D eigenvalue weighted by atomic mass is 32.2. The molecular formula is C22H30N6O3S. The van der Waals surface area contributed by atoms with E-state index in [0.717, 1.165) is 36.0 Å². The van der Waals surface area contributed by atoms with Crippen molar-refractivity contribution in [1.82, 2.24) is 14.3 Å². The predicted molar refractivity (Wildman–Crippen MR) is 125 cm³/mol. The van der Waals surface area contributed by atoms with Gasteiger partial charge in [0.1, 0.15) is 5.78 Å². The molecular weight excluding hydrogens is 428 g/mol. The topological polar surface area (TPSA) is 142 Å². The van der Waals surface area contributed by atoms with E-state index in [1.54, 1.807) is 16.7 Å². The quantitative estimate of drug-likeness (QED) is 0.346. The number of carbonyl (C=O) groups excluding carboxylic acids is 1. The molecule has 0 atom stereocenters. The number of aryl methyl sites for hydroxylation is 1. The minimum Gasteiger partial charge on any atom is -0.387 e. The van der Waals surface area contributed by atoms with Crippen LogP contribution >= 0.6 is 0 Å². The maximum absolute atomic E-state index is 12.4. The maximum Gasteiger partial charge on any atom is 0.222 e. The van der Waals surface area contributed by atoms with E-state index in [1.807, 2.05) is 24.3 Å². The summed E-state index contributed by atoms with van der Waals surface area (Å²) in [5.41, 5.74) is 8.03. The number of Topliss-reactive ketones (excluding diaryl/α,β-unsaturated/α-hetero) is 1. The maximum atomic E-state index is 12.4. The first-order valence-corrected chi connectivity index (χ1v) is 12.4. The lowest BCUT2D eigenvalue weighted by atomic mass is 10.0. The molecule has 4 N–H and O–H groups in total. The Labute approximate surface area is 189 Å². The van der Waals surface area contributed by atoms with E-state index in [-0.39, 0.29) is 30.3 Å². The Bertz CT molecular complexity index is 1030. The second kappa shape index (κ2) is 11.1. The number of hydrogen-bond acceptors (Lipinski definition) is 7. The zero-order valence-electron chi connectivity index (χ0n) is 18.1. The molecule has 3 rings (SSSR count). The van der Waals surface area contributed by atoms with E-state index in [1.165, 1.54) is 0 Å². The lowest BCUT2D eigenvalue weighted by Crippen LogP contribution is -2.38. The molecule has 2 aromatic rings. The van der Waals surface area contributed by atoms with Gasteiger partial charge in [-0.25, -0.2) is 22.7 Å². The van der Waals surface area contributed by atoms with Crippen LogP contribution in [0.5, 0.6) is 0 Å². The zero-order valence-corrected chi connectivity index (χ0v) is 18.9. The molecule has 32 heavy (non-hydrogen) atoms. The summed E-state index contributed by atoms with van der Waals surface area (Å²) in [5.74, 6) is 0.235. The van der Waals surface area contributed by atoms with Crippen molar-refractivity contribution < 1.29 is 13.2 Å². The lowest BCUT2D eigenvalue weighted by Gasteiger charge is -2.25. The molecule has 1 aliphatic rings. The number of aromatic nitrogens is 2. The Hall–Kier alpha value is -2.85. The van der Waals surface area contributed by atoms with Gasteiger partial charge < -0.3 is 11.1 Å². The molecule has 2 heterocycles. The Kier molecular flexibility index (Phi) is 8.29. The van der Waals surface area contributed by atoms with Gasteiger partial charge in [0.2, 0.25) is 16.0 Å². The highest BCUT2D eigenvalue weighted by Gasteiger charge is 2.23. The number of nitrogens with zero attached hydrogens (tertiary/aromatic N) is 3. The second-order valence-electron chi connectivity index (χ2n) is 7.94. The van der Waals surface area contributed by atoms with Gasteiger partial charge in [0.15, 0.2) is 0 Å². The summed E-state index contributed by atoms with van der Waals surface area (Å²) in [4.78, 5) is 20.4. The highest BCUT2D eigenvalue weighted by Crippen LogP contribution is 2.20. The van der Waals surface area contributed by atoms with Crippen molar-refractivity contribution >= 4 is 27.6 Å². The summed E-state index contributed by atoms with van der Waals surface area (Å²) in [6, 6.07) is 7.79. The molecule has 0 unspecified atom stereocenters. The standard InChI is InChI=1S/C22H30N6O3S/c23-21(24)14-20(29)8-7-17-5-4-6-18(13-17)19-15-26-22(27-16-19)25-9-12-32(30,31)28-10-2-1-3-11-28/h4-6,13,15-16H,1-3,7-12,14H2,(H3,23,24)(H,25,26,27). The van der Waals surface area contributed by atoms with Crippen LogP contribution in [0, 0.1) is 5.41 Å². The number of rotatable bonds is 11. The molecule has 1 aromatic heterocycles. The Morgan fingerprint density at radius 1 is 1.12 bits per heavy atom. The van der Waals surface area contributed by atoms with Gasteiger partial charge in [-0.2, -0.15) is 0 Å². The first-order valence-electron chi connectivity index (χ1n) is 10.8. The number of nitrogens with one attached hydrogen (secondary N) is 2. The van der Waals surface area contributed by atoms with Crippen LogP contribution in [0.2, 0.25) is 0 Å². The van der Waals surface area contributed by atoms with Crippen LogP contribution in [0.4, 0.5) is 5.95 Å². The summed E-state index contributed by atoms with van der Waals surface area (Å²) in [5, 5.41) is 10.2. The predicted octanol–water partition coefficient (Wildman–Crippen LogP) is 2.20. The summed E-state index contributed by atoms with van der Waals surface area (Å²) in [6.07, 6.45) is 7.21. The third-order valence-electron chi connectivity index (χ3n) is 5.34. The Balaban J connectivity index is 1.53. The van der Waals surface area contributed by atoms with Crippen molar-refractivity contribution in [1.29, 1.82) is 5.41 Å². The molecule has 1 aromatic carbocycles. The fourth-order valence-corrected chi connectivity index (χ4v) is 5.06. The van der Waals surface area contributed by atoms with Gasteiger partial charge in [-0.05, 0) is 30.4 Å². The van der Waals surface area contributed by atoms with E-state index in [9.17, 15) is 13.2 Å². The van der Waals surface area contributed by atoms with Crippen molar-refractivity contribution in [2.45, 2.75) is 38.5 Å². The summed E-state index contributed by atoms with van der Waals surface area (Å²) in [6.45, 7) is 1.47. The summed E-state index contributed by atoms with van der Waals surface area (Å²) in [7, 11) is -3.26. The van der Waals surface area contributed by atoms with Gasteiger partial charge in [-0.1, -0.05) is 30.7 Å². The molecule has 9 nitrogen and oxygen atoms in total. The van der Waals surface area contributed by atoms with Gasteiger partial charge in [0.25, 0.3) is 0 Å². The molecule has 0 spiro atoms. The molecule has 0 amide bonds. The number of ketones is 1. The van der Waals surface area contributed by atoms with E-state index in [0.29, 0.717) is 31.9 Å². The van der Waals surface area contributed by atoms with Crippen LogP contribution in [-0.2, 0) is 21.2 Å². The first kappa shape index (κ1) is 23.8. The van der Waals surface area contributed by atoms with Crippen molar-refractivity contribution in [3.8, 4) is 11.1 Å². The average Bonchev–Trinajstić information content (AvgIpc) is 2.78. The van der Waals surface area contributed by atoms with Crippen molar-refractivity contribution in [3.05, 3.63) is 42.2 Å². The molecule has 0 bridgehead atoms. The molecule has 172 valence electrons. The molecule has 1 saturated heterocycles. The van der Waals surface area contributed by atoms with Crippen LogP contribution in [0.3, 0.4) is 0 Å². The van der Waals surface area contributed by atoms with Gasteiger partial charge in [-0.15, -0.1) is 0 Å². The number of piperidine rings is 1. The Morgan fingerprint density at radius 3 is 2.53 bits per heavy atom.